The van der Waals surface area contributed by atoms with Crippen molar-refractivity contribution in [2.45, 2.75) is 9.92 Å². The minimum atomic E-state index is -3.82. The van der Waals surface area contributed by atoms with E-state index in [2.05, 4.69) is 4.98 Å². The lowest BCUT2D eigenvalue weighted by molar-refractivity contribution is 0.564. The van der Waals surface area contributed by atoms with E-state index in [0.29, 0.717) is 10.6 Å². The number of sulfone groups is 1. The zero-order chi connectivity index (χ0) is 17.3. The average Bonchev–Trinajstić information content (AvgIpc) is 3.02. The molecule has 1 aromatic heterocycles. The van der Waals surface area contributed by atoms with Crippen molar-refractivity contribution in [3.63, 3.8) is 0 Å². The quantitative estimate of drug-likeness (QED) is 0.704. The fourth-order valence-corrected chi connectivity index (χ4v) is 3.69. The maximum atomic E-state index is 12.9. The van der Waals surface area contributed by atoms with Crippen LogP contribution in [0.5, 0.6) is 0 Å². The molecule has 0 amide bonds. The van der Waals surface area contributed by atoms with E-state index in [4.69, 9.17) is 16.0 Å². The summed E-state index contributed by atoms with van der Waals surface area (Å²) in [6.45, 7) is 0. The summed E-state index contributed by atoms with van der Waals surface area (Å²) in [6, 6.07) is 15.1. The number of nitrogens with zero attached hydrogens (tertiary/aromatic N) is 2. The van der Waals surface area contributed by atoms with Gasteiger partial charge in [-0.1, -0.05) is 29.8 Å². The summed E-state index contributed by atoms with van der Waals surface area (Å²) in [4.78, 5) is 5.94. The Morgan fingerprint density at radius 1 is 1.00 bits per heavy atom. The smallest absolute Gasteiger partial charge is 0.235 e. The molecular formula is C17H15ClN2O3S. The van der Waals surface area contributed by atoms with E-state index in [1.54, 1.807) is 19.0 Å². The number of anilines is 1. The van der Waals surface area contributed by atoms with E-state index in [9.17, 15) is 8.42 Å². The molecule has 0 unspecified atom stereocenters. The van der Waals surface area contributed by atoms with Gasteiger partial charge < -0.3 is 9.32 Å². The fraction of sp³-hybridized carbons (Fsp3) is 0.118. The molecule has 2 aromatic carbocycles. The largest absolute Gasteiger partial charge is 0.419 e. The molecule has 0 N–H and O–H groups in total. The van der Waals surface area contributed by atoms with Gasteiger partial charge in [-0.2, -0.15) is 4.98 Å². The Balaban J connectivity index is 2.16. The lowest BCUT2D eigenvalue weighted by Crippen LogP contribution is -2.13. The van der Waals surface area contributed by atoms with Gasteiger partial charge in [0.05, 0.1) is 4.90 Å². The predicted molar refractivity (Wildman–Crippen MR) is 93.2 cm³/mol. The molecule has 3 aromatic rings. The van der Waals surface area contributed by atoms with Crippen molar-refractivity contribution >= 4 is 27.3 Å². The molecule has 0 atom stereocenters. The summed E-state index contributed by atoms with van der Waals surface area (Å²) in [5, 5.41) is 0.348. The predicted octanol–water partition coefficient (Wildman–Crippen LogP) is 3.89. The highest BCUT2D eigenvalue weighted by Crippen LogP contribution is 2.33. The third-order valence-corrected chi connectivity index (χ3v) is 5.30. The second-order valence-corrected chi connectivity index (χ2v) is 7.65. The van der Waals surface area contributed by atoms with Crippen LogP contribution in [0.3, 0.4) is 0 Å². The van der Waals surface area contributed by atoms with Gasteiger partial charge in [0.25, 0.3) is 0 Å². The molecule has 5 nitrogen and oxygen atoms in total. The van der Waals surface area contributed by atoms with Gasteiger partial charge in [0.1, 0.15) is 0 Å². The zero-order valence-corrected chi connectivity index (χ0v) is 14.7. The molecule has 0 fully saturated rings. The van der Waals surface area contributed by atoms with Gasteiger partial charge in [-0.05, 0) is 36.4 Å². The van der Waals surface area contributed by atoms with Crippen molar-refractivity contribution in [1.29, 1.82) is 0 Å². The van der Waals surface area contributed by atoms with E-state index in [0.717, 1.165) is 0 Å². The molecule has 0 saturated heterocycles. The van der Waals surface area contributed by atoms with Crippen LogP contribution in [0, 0.1) is 0 Å². The van der Waals surface area contributed by atoms with Crippen molar-refractivity contribution in [3.05, 3.63) is 59.6 Å². The first-order valence-corrected chi connectivity index (χ1v) is 9.00. The van der Waals surface area contributed by atoms with Crippen molar-refractivity contribution in [3.8, 4) is 11.5 Å². The number of oxazole rings is 1. The molecule has 0 radical (unpaired) electrons. The summed E-state index contributed by atoms with van der Waals surface area (Å²) in [5.41, 5.74) is 0.707. The Morgan fingerprint density at radius 3 is 2.21 bits per heavy atom. The van der Waals surface area contributed by atoms with E-state index in [1.165, 1.54) is 24.3 Å². The Kier molecular flexibility index (Phi) is 4.34. The summed E-state index contributed by atoms with van der Waals surface area (Å²) < 4.78 is 31.5. The Bertz CT molecular complexity index is 949. The third kappa shape index (κ3) is 3.02. The van der Waals surface area contributed by atoms with Crippen LogP contribution in [0.2, 0.25) is 5.02 Å². The molecule has 0 saturated carbocycles. The summed E-state index contributed by atoms with van der Waals surface area (Å²) >= 11 is 5.84. The number of rotatable bonds is 4. The maximum absolute atomic E-state index is 12.9. The van der Waals surface area contributed by atoms with Gasteiger partial charge in [0.2, 0.25) is 26.6 Å². The lowest BCUT2D eigenvalue weighted by atomic mass is 10.2. The van der Waals surface area contributed by atoms with Crippen LogP contribution in [-0.2, 0) is 9.84 Å². The second kappa shape index (κ2) is 6.30. The second-order valence-electron chi connectivity index (χ2n) is 5.35. The monoisotopic (exact) mass is 362 g/mol. The molecule has 0 bridgehead atoms. The molecule has 124 valence electrons. The maximum Gasteiger partial charge on any atom is 0.235 e. The van der Waals surface area contributed by atoms with Gasteiger partial charge in [0.15, 0.2) is 0 Å². The Morgan fingerprint density at radius 2 is 1.62 bits per heavy atom. The minimum Gasteiger partial charge on any atom is -0.419 e. The fourth-order valence-electron chi connectivity index (χ4n) is 2.19. The summed E-state index contributed by atoms with van der Waals surface area (Å²) in [6.07, 6.45) is 0. The van der Waals surface area contributed by atoms with Crippen LogP contribution in [0.15, 0.2) is 68.9 Å². The Hall–Kier alpha value is -2.31. The summed E-state index contributed by atoms with van der Waals surface area (Å²) in [7, 11) is -0.415. The van der Waals surface area contributed by atoms with Crippen LogP contribution < -0.4 is 4.90 Å². The van der Waals surface area contributed by atoms with Crippen molar-refractivity contribution in [2.75, 3.05) is 19.0 Å². The first-order chi connectivity index (χ1) is 11.4. The highest BCUT2D eigenvalue weighted by atomic mass is 35.5. The first kappa shape index (κ1) is 16.5. The van der Waals surface area contributed by atoms with E-state index in [1.807, 2.05) is 30.3 Å². The van der Waals surface area contributed by atoms with Gasteiger partial charge in [-0.15, -0.1) is 0 Å². The number of hydrogen-bond donors (Lipinski definition) is 0. The van der Waals surface area contributed by atoms with Crippen molar-refractivity contribution in [1.82, 2.24) is 4.98 Å². The first-order valence-electron chi connectivity index (χ1n) is 7.14. The standard InChI is InChI=1S/C17H15ClN2O3S/c1-20(2)17-16(19-15(23-17)12-6-4-3-5-7-12)24(21,22)14-10-8-13(18)9-11-14/h3-11H,1-2H3. The van der Waals surface area contributed by atoms with E-state index >= 15 is 0 Å². The summed E-state index contributed by atoms with van der Waals surface area (Å²) in [5.74, 6) is 0.440. The van der Waals surface area contributed by atoms with E-state index in [-0.39, 0.29) is 21.7 Å². The number of halogens is 1. The normalized spacial score (nSPS) is 11.5. The highest BCUT2D eigenvalue weighted by Gasteiger charge is 2.29. The molecular weight excluding hydrogens is 348 g/mol. The number of hydrogen-bond acceptors (Lipinski definition) is 5. The van der Waals surface area contributed by atoms with Gasteiger partial charge in [-0.25, -0.2) is 8.42 Å². The van der Waals surface area contributed by atoms with Crippen LogP contribution in [0.1, 0.15) is 0 Å². The molecule has 0 aliphatic carbocycles. The Labute approximate surface area is 145 Å². The molecule has 7 heteroatoms. The van der Waals surface area contributed by atoms with Crippen LogP contribution in [-0.4, -0.2) is 27.5 Å². The lowest BCUT2D eigenvalue weighted by Gasteiger charge is -2.10. The number of benzene rings is 2. The van der Waals surface area contributed by atoms with Crippen LogP contribution in [0.4, 0.5) is 5.88 Å². The third-order valence-electron chi connectivity index (χ3n) is 3.38. The molecule has 3 rings (SSSR count). The number of aromatic nitrogens is 1. The molecule has 0 aliphatic heterocycles. The highest BCUT2D eigenvalue weighted by molar-refractivity contribution is 7.91. The average molecular weight is 363 g/mol. The van der Waals surface area contributed by atoms with Gasteiger partial charge >= 0.3 is 0 Å². The minimum absolute atomic E-state index is 0.114. The van der Waals surface area contributed by atoms with Crippen molar-refractivity contribution in [2.24, 2.45) is 0 Å². The van der Waals surface area contributed by atoms with Crippen LogP contribution in [0.25, 0.3) is 11.5 Å². The zero-order valence-electron chi connectivity index (χ0n) is 13.1. The van der Waals surface area contributed by atoms with Gasteiger partial charge in [-0.3, -0.25) is 0 Å². The molecule has 0 spiro atoms. The molecule has 24 heavy (non-hydrogen) atoms. The van der Waals surface area contributed by atoms with Crippen LogP contribution >= 0.6 is 11.6 Å². The topological polar surface area (TPSA) is 63.4 Å². The molecule has 0 aliphatic rings. The van der Waals surface area contributed by atoms with Crippen molar-refractivity contribution < 1.29 is 12.8 Å². The van der Waals surface area contributed by atoms with Gasteiger partial charge in [0, 0.05) is 24.7 Å². The van der Waals surface area contributed by atoms with E-state index < -0.39 is 9.84 Å². The molecule has 1 heterocycles. The SMILES string of the molecule is CN(C)c1oc(-c2ccccc2)nc1S(=O)(=O)c1ccc(Cl)cc1.